The third-order valence-corrected chi connectivity index (χ3v) is 17.3. The second kappa shape index (κ2) is 21.5. The molecule has 0 saturated heterocycles. The normalized spacial score (nSPS) is 12.9. The molecule has 0 aliphatic carbocycles. The Hall–Kier alpha value is -9.13. The standard InChI is InChI=1S/C79H76N4O2/c1-49(2)55-43-67(50(3)4)74(68(44-55)51(5)6)57-41-60(46-62(42-57)84-61-35-36-65-71(47-61)83(73-34-20-21-37-80-73)76-66-28-16-19-33-72(66)85-77(65)76)81-48-82(70-32-18-17-31-69(70)81)75-63(54-27-22-26-53(38-54)52-24-14-13-15-25-52)29-23-30-64(75)56-39-58(78(7,8)9)45-59(40-56)79(10,11)12/h13-47,49-51H,48H2,1-12H3. The van der Waals surface area contributed by atoms with Crippen molar-refractivity contribution in [3.63, 3.8) is 0 Å². The summed E-state index contributed by atoms with van der Waals surface area (Å²) in [6.07, 6.45) is 1.85. The van der Waals surface area contributed by atoms with Gasteiger partial charge in [0.2, 0.25) is 0 Å². The summed E-state index contributed by atoms with van der Waals surface area (Å²) < 4.78 is 16.2. The van der Waals surface area contributed by atoms with Crippen molar-refractivity contribution < 1.29 is 9.15 Å². The maximum Gasteiger partial charge on any atom is 0.161 e. The van der Waals surface area contributed by atoms with Gasteiger partial charge in [0.05, 0.1) is 22.6 Å². The van der Waals surface area contributed by atoms with E-state index in [4.69, 9.17) is 14.1 Å². The molecule has 1 aliphatic heterocycles. The predicted molar refractivity (Wildman–Crippen MR) is 358 cm³/mol. The third-order valence-electron chi connectivity index (χ3n) is 17.3. The van der Waals surface area contributed by atoms with Gasteiger partial charge in [-0.25, -0.2) is 4.98 Å². The van der Waals surface area contributed by atoms with Crippen LogP contribution in [0.4, 0.5) is 22.7 Å². The number of aromatic nitrogens is 2. The number of hydrogen-bond acceptors (Lipinski definition) is 5. The summed E-state index contributed by atoms with van der Waals surface area (Å²) in [6, 6.07) is 75.5. The molecule has 0 unspecified atom stereocenters. The quantitative estimate of drug-likeness (QED) is 0.122. The SMILES string of the molecule is CC(C)c1cc(C(C)C)c(-c2cc(Oc3ccc4c5oc6ccccc6c5n(-c5ccccn5)c4c3)cc(N3CN(c4c(-c5cccc(-c6ccccc6)c5)cccc4-c4cc(C(C)(C)C)cc(C(C)(C)C)c4)c4ccccc43)c2)c(C(C)C)c1. The molecule has 0 spiro atoms. The Morgan fingerprint density at radius 2 is 1.09 bits per heavy atom. The first kappa shape index (κ1) is 55.1. The maximum absolute atomic E-state index is 7.34. The number of para-hydroxylation sites is 4. The van der Waals surface area contributed by atoms with Crippen molar-refractivity contribution in [3.05, 3.63) is 240 Å². The van der Waals surface area contributed by atoms with Crippen LogP contribution in [0.25, 0.3) is 83.3 Å². The van der Waals surface area contributed by atoms with E-state index in [1.165, 1.54) is 61.2 Å². The lowest BCUT2D eigenvalue weighted by atomic mass is 9.78. The number of anilines is 4. The van der Waals surface area contributed by atoms with E-state index in [9.17, 15) is 0 Å². The van der Waals surface area contributed by atoms with E-state index in [1.807, 2.05) is 30.5 Å². The van der Waals surface area contributed by atoms with E-state index in [1.54, 1.807) is 0 Å². The number of benzene rings is 9. The Kier molecular flexibility index (Phi) is 13.9. The zero-order valence-corrected chi connectivity index (χ0v) is 51.3. The van der Waals surface area contributed by atoms with Gasteiger partial charge in [0, 0.05) is 45.9 Å². The molecule has 0 fully saturated rings. The Balaban J connectivity index is 1.02. The van der Waals surface area contributed by atoms with Gasteiger partial charge in [-0.2, -0.15) is 0 Å². The zero-order valence-electron chi connectivity index (χ0n) is 51.3. The molecule has 6 nitrogen and oxygen atoms in total. The smallest absolute Gasteiger partial charge is 0.161 e. The van der Waals surface area contributed by atoms with Crippen LogP contribution in [0.15, 0.2) is 217 Å². The summed E-state index contributed by atoms with van der Waals surface area (Å²) in [7, 11) is 0. The first-order valence-corrected chi connectivity index (χ1v) is 30.4. The highest BCUT2D eigenvalue weighted by Crippen LogP contribution is 2.53. The number of hydrogen-bond donors (Lipinski definition) is 0. The van der Waals surface area contributed by atoms with Gasteiger partial charge in [-0.3, -0.25) is 4.57 Å². The molecule has 13 rings (SSSR count). The molecule has 0 radical (unpaired) electrons. The van der Waals surface area contributed by atoms with Gasteiger partial charge in [-0.15, -0.1) is 0 Å². The number of ether oxygens (including phenoxy) is 1. The van der Waals surface area contributed by atoms with Crippen LogP contribution in [-0.2, 0) is 10.8 Å². The van der Waals surface area contributed by atoms with E-state index in [2.05, 4.69) is 279 Å². The minimum Gasteiger partial charge on any atom is -0.457 e. The number of pyridine rings is 1. The highest BCUT2D eigenvalue weighted by Gasteiger charge is 2.34. The van der Waals surface area contributed by atoms with Crippen molar-refractivity contribution in [1.82, 2.24) is 9.55 Å². The van der Waals surface area contributed by atoms with Crippen molar-refractivity contribution in [1.29, 1.82) is 0 Å². The molecule has 0 amide bonds. The second-order valence-electron chi connectivity index (χ2n) is 26.3. The van der Waals surface area contributed by atoms with E-state index in [0.29, 0.717) is 18.3 Å². The van der Waals surface area contributed by atoms with Crippen LogP contribution in [0.3, 0.4) is 0 Å². The number of furan rings is 1. The average Bonchev–Trinajstić information content (AvgIpc) is 2.33. The van der Waals surface area contributed by atoms with Gasteiger partial charge in [0.25, 0.3) is 0 Å². The van der Waals surface area contributed by atoms with Crippen LogP contribution in [0.5, 0.6) is 11.5 Å². The highest BCUT2D eigenvalue weighted by molar-refractivity contribution is 6.16. The van der Waals surface area contributed by atoms with Crippen LogP contribution in [0.2, 0.25) is 0 Å². The monoisotopic (exact) mass is 1110 g/mol. The minimum absolute atomic E-state index is 0.0739. The molecule has 0 saturated carbocycles. The molecule has 6 heteroatoms. The largest absolute Gasteiger partial charge is 0.457 e. The van der Waals surface area contributed by atoms with Crippen molar-refractivity contribution in [3.8, 4) is 61.8 Å². The Bertz CT molecular complexity index is 4430. The lowest BCUT2D eigenvalue weighted by Gasteiger charge is -2.30. The van der Waals surface area contributed by atoms with E-state index in [0.717, 1.165) is 78.4 Å². The van der Waals surface area contributed by atoms with Gasteiger partial charge in [0.1, 0.15) is 35.1 Å². The molecule has 85 heavy (non-hydrogen) atoms. The lowest BCUT2D eigenvalue weighted by molar-refractivity contribution is 0.483. The summed E-state index contributed by atoms with van der Waals surface area (Å²) >= 11 is 0. The molecule has 9 aromatic carbocycles. The minimum atomic E-state index is -0.0739. The van der Waals surface area contributed by atoms with E-state index < -0.39 is 0 Å². The Morgan fingerprint density at radius 3 is 1.76 bits per heavy atom. The average molecular weight is 1110 g/mol. The van der Waals surface area contributed by atoms with Gasteiger partial charge in [-0.1, -0.05) is 210 Å². The fraction of sp³-hybridized carbons (Fsp3) is 0.228. The first-order chi connectivity index (χ1) is 40.9. The molecule has 0 bridgehead atoms. The molecule has 12 aromatic rings. The molecular weight excluding hydrogens is 1040 g/mol. The summed E-state index contributed by atoms with van der Waals surface area (Å²) in [5.41, 5.74) is 24.1. The van der Waals surface area contributed by atoms with Gasteiger partial charge in [-0.05, 0) is 157 Å². The summed E-state index contributed by atoms with van der Waals surface area (Å²) in [6.45, 7) is 28.5. The number of fused-ring (bicyclic) bond motifs is 6. The number of nitrogens with zero attached hydrogens (tertiary/aromatic N) is 4. The second-order valence-corrected chi connectivity index (χ2v) is 26.3. The molecular formula is C79H76N4O2. The Morgan fingerprint density at radius 1 is 0.471 bits per heavy atom. The summed E-state index contributed by atoms with van der Waals surface area (Å²) in [5.74, 6) is 3.19. The van der Waals surface area contributed by atoms with Crippen LogP contribution in [-0.4, -0.2) is 16.2 Å². The van der Waals surface area contributed by atoms with Crippen molar-refractivity contribution in [2.75, 3.05) is 16.5 Å². The highest BCUT2D eigenvalue weighted by atomic mass is 16.5. The predicted octanol–water partition coefficient (Wildman–Crippen LogP) is 22.6. The first-order valence-electron chi connectivity index (χ1n) is 30.4. The van der Waals surface area contributed by atoms with Crippen LogP contribution in [0.1, 0.15) is 129 Å². The van der Waals surface area contributed by atoms with Gasteiger partial charge in [0.15, 0.2) is 5.58 Å². The zero-order chi connectivity index (χ0) is 59.1. The van der Waals surface area contributed by atoms with Gasteiger partial charge >= 0.3 is 0 Å². The van der Waals surface area contributed by atoms with Crippen LogP contribution >= 0.6 is 0 Å². The fourth-order valence-corrected chi connectivity index (χ4v) is 12.7. The fourth-order valence-electron chi connectivity index (χ4n) is 12.7. The maximum atomic E-state index is 7.34. The molecule has 0 N–H and O–H groups in total. The molecule has 0 atom stereocenters. The molecule has 424 valence electrons. The lowest BCUT2D eigenvalue weighted by Crippen LogP contribution is -2.25. The van der Waals surface area contributed by atoms with Crippen LogP contribution in [0, 0.1) is 0 Å². The topological polar surface area (TPSA) is 46.7 Å². The van der Waals surface area contributed by atoms with Crippen molar-refractivity contribution in [2.24, 2.45) is 0 Å². The van der Waals surface area contributed by atoms with Crippen molar-refractivity contribution in [2.45, 2.75) is 112 Å². The van der Waals surface area contributed by atoms with Crippen LogP contribution < -0.4 is 14.5 Å². The molecule has 3 aromatic heterocycles. The number of rotatable bonds is 12. The third kappa shape index (κ3) is 10.2. The molecule has 4 heterocycles. The Labute approximate surface area is 502 Å². The van der Waals surface area contributed by atoms with E-state index in [-0.39, 0.29) is 22.7 Å². The van der Waals surface area contributed by atoms with Gasteiger partial charge < -0.3 is 19.0 Å². The van der Waals surface area contributed by atoms with Crippen molar-refractivity contribution >= 4 is 55.7 Å². The molecule has 1 aliphatic rings. The van der Waals surface area contributed by atoms with E-state index >= 15 is 0 Å². The summed E-state index contributed by atoms with van der Waals surface area (Å²) in [4.78, 5) is 9.96. The summed E-state index contributed by atoms with van der Waals surface area (Å²) in [5, 5.41) is 2.03.